The molecule has 1 aromatic carbocycles. The van der Waals surface area contributed by atoms with Gasteiger partial charge in [-0.05, 0) is 38.1 Å². The molecule has 1 aliphatic rings. The first-order valence-corrected chi connectivity index (χ1v) is 8.55. The lowest BCUT2D eigenvalue weighted by atomic mass is 10.1. The zero-order valence-corrected chi connectivity index (χ0v) is 14.7. The van der Waals surface area contributed by atoms with Crippen molar-refractivity contribution in [3.63, 3.8) is 0 Å². The summed E-state index contributed by atoms with van der Waals surface area (Å²) < 4.78 is 13.4. The Balaban J connectivity index is 1.54. The molecule has 130 valence electrons. The highest BCUT2D eigenvalue weighted by Crippen LogP contribution is 2.35. The molecule has 1 N–H and O–H groups in total. The molecule has 3 heterocycles. The standard InChI is InChI=1S/C19H22N4O2/c1-12-8-14-9-16(24-3)15(10-17(14)25-12)11-20-13(2)19-22-21-18-6-4-5-7-23(18)19/h4-7,9-10,12-13,20H,8,11H2,1-3H3/t12-,13-/m1/s1. The SMILES string of the molecule is COc1cc2c(cc1CN[C@H](C)c1nnc3ccccn13)O[C@H](C)C2. The van der Waals surface area contributed by atoms with Gasteiger partial charge in [-0.25, -0.2) is 0 Å². The second kappa shape index (κ2) is 6.37. The maximum Gasteiger partial charge on any atom is 0.160 e. The fraction of sp³-hybridized carbons (Fsp3) is 0.368. The Bertz CT molecular complexity index is 906. The van der Waals surface area contributed by atoms with E-state index < -0.39 is 0 Å². The lowest BCUT2D eigenvalue weighted by Crippen LogP contribution is -2.20. The number of nitrogens with one attached hydrogen (secondary N) is 1. The second-order valence-corrected chi connectivity index (χ2v) is 6.49. The molecule has 0 bridgehead atoms. The maximum atomic E-state index is 5.87. The van der Waals surface area contributed by atoms with Crippen molar-refractivity contribution < 1.29 is 9.47 Å². The summed E-state index contributed by atoms with van der Waals surface area (Å²) in [6.07, 6.45) is 3.14. The monoisotopic (exact) mass is 338 g/mol. The lowest BCUT2D eigenvalue weighted by molar-refractivity contribution is 0.254. The highest BCUT2D eigenvalue weighted by Gasteiger charge is 2.22. The number of ether oxygens (including phenoxy) is 2. The molecule has 1 aliphatic heterocycles. The first-order chi connectivity index (χ1) is 12.2. The number of nitrogens with zero attached hydrogens (tertiary/aromatic N) is 3. The Morgan fingerprint density at radius 1 is 1.36 bits per heavy atom. The first-order valence-electron chi connectivity index (χ1n) is 8.55. The van der Waals surface area contributed by atoms with Crippen LogP contribution in [0.4, 0.5) is 0 Å². The third-order valence-corrected chi connectivity index (χ3v) is 4.63. The van der Waals surface area contributed by atoms with Gasteiger partial charge in [-0.1, -0.05) is 6.07 Å². The third-order valence-electron chi connectivity index (χ3n) is 4.63. The van der Waals surface area contributed by atoms with E-state index in [2.05, 4.69) is 41.5 Å². The fourth-order valence-electron chi connectivity index (χ4n) is 3.32. The summed E-state index contributed by atoms with van der Waals surface area (Å²) >= 11 is 0. The summed E-state index contributed by atoms with van der Waals surface area (Å²) in [5.74, 6) is 2.74. The molecule has 0 saturated heterocycles. The van der Waals surface area contributed by atoms with Crippen molar-refractivity contribution in [3.05, 3.63) is 53.5 Å². The smallest absolute Gasteiger partial charge is 0.160 e. The number of hydrogen-bond acceptors (Lipinski definition) is 5. The van der Waals surface area contributed by atoms with Gasteiger partial charge in [0.25, 0.3) is 0 Å². The fourth-order valence-corrected chi connectivity index (χ4v) is 3.32. The molecular weight excluding hydrogens is 316 g/mol. The van der Waals surface area contributed by atoms with Crippen molar-refractivity contribution in [2.24, 2.45) is 0 Å². The van der Waals surface area contributed by atoms with Gasteiger partial charge in [0.1, 0.15) is 17.6 Å². The zero-order valence-electron chi connectivity index (χ0n) is 14.7. The quantitative estimate of drug-likeness (QED) is 0.775. The van der Waals surface area contributed by atoms with Gasteiger partial charge >= 0.3 is 0 Å². The summed E-state index contributed by atoms with van der Waals surface area (Å²) in [7, 11) is 1.71. The van der Waals surface area contributed by atoms with Crippen LogP contribution in [0.25, 0.3) is 5.65 Å². The van der Waals surface area contributed by atoms with Crippen LogP contribution >= 0.6 is 0 Å². The number of benzene rings is 1. The van der Waals surface area contributed by atoms with Crippen LogP contribution in [0.5, 0.6) is 11.5 Å². The minimum absolute atomic E-state index is 0.0511. The molecule has 0 spiro atoms. The Morgan fingerprint density at radius 3 is 3.08 bits per heavy atom. The summed E-state index contributed by atoms with van der Waals surface area (Å²) in [6, 6.07) is 10.1. The van der Waals surface area contributed by atoms with E-state index in [9.17, 15) is 0 Å². The van der Waals surface area contributed by atoms with E-state index >= 15 is 0 Å². The maximum absolute atomic E-state index is 5.87. The van der Waals surface area contributed by atoms with Crippen molar-refractivity contribution in [1.82, 2.24) is 19.9 Å². The van der Waals surface area contributed by atoms with Gasteiger partial charge in [0.2, 0.25) is 0 Å². The Morgan fingerprint density at radius 2 is 2.24 bits per heavy atom. The van der Waals surface area contributed by atoms with Crippen molar-refractivity contribution in [2.45, 2.75) is 39.0 Å². The van der Waals surface area contributed by atoms with E-state index in [1.807, 2.05) is 28.8 Å². The van der Waals surface area contributed by atoms with Crippen LogP contribution in [-0.2, 0) is 13.0 Å². The van der Waals surface area contributed by atoms with Crippen LogP contribution in [0, 0.1) is 0 Å². The number of hydrogen-bond donors (Lipinski definition) is 1. The van der Waals surface area contributed by atoms with E-state index in [4.69, 9.17) is 9.47 Å². The number of aromatic nitrogens is 3. The zero-order chi connectivity index (χ0) is 17.4. The van der Waals surface area contributed by atoms with Crippen molar-refractivity contribution >= 4 is 5.65 Å². The Kier molecular flexibility index (Phi) is 4.05. The molecule has 6 heteroatoms. The van der Waals surface area contributed by atoms with Gasteiger partial charge in [0.15, 0.2) is 11.5 Å². The minimum atomic E-state index is 0.0511. The molecular formula is C19H22N4O2. The lowest BCUT2D eigenvalue weighted by Gasteiger charge is -2.15. The molecule has 3 aromatic rings. The first kappa shape index (κ1) is 15.9. The molecule has 25 heavy (non-hydrogen) atoms. The van der Waals surface area contributed by atoms with E-state index in [0.29, 0.717) is 6.54 Å². The highest BCUT2D eigenvalue weighted by atomic mass is 16.5. The Labute approximate surface area is 146 Å². The van der Waals surface area contributed by atoms with Crippen LogP contribution < -0.4 is 14.8 Å². The molecule has 0 fully saturated rings. The molecule has 0 aliphatic carbocycles. The van der Waals surface area contributed by atoms with Gasteiger partial charge in [0, 0.05) is 30.3 Å². The van der Waals surface area contributed by atoms with Gasteiger partial charge in [-0.3, -0.25) is 4.40 Å². The van der Waals surface area contributed by atoms with Crippen LogP contribution in [0.1, 0.15) is 36.8 Å². The van der Waals surface area contributed by atoms with E-state index in [1.165, 1.54) is 5.56 Å². The van der Waals surface area contributed by atoms with Gasteiger partial charge in [-0.15, -0.1) is 10.2 Å². The van der Waals surface area contributed by atoms with Gasteiger partial charge in [0.05, 0.1) is 13.2 Å². The summed E-state index contributed by atoms with van der Waals surface area (Å²) in [6.45, 7) is 4.84. The predicted molar refractivity (Wildman–Crippen MR) is 95.0 cm³/mol. The topological polar surface area (TPSA) is 60.7 Å². The van der Waals surface area contributed by atoms with Gasteiger partial charge < -0.3 is 14.8 Å². The largest absolute Gasteiger partial charge is 0.496 e. The normalized spacial score (nSPS) is 17.3. The van der Waals surface area contributed by atoms with Crippen LogP contribution in [0.15, 0.2) is 36.5 Å². The molecule has 0 saturated carbocycles. The van der Waals surface area contributed by atoms with E-state index in [1.54, 1.807) is 7.11 Å². The van der Waals surface area contributed by atoms with Crippen LogP contribution in [0.2, 0.25) is 0 Å². The molecule has 6 nitrogen and oxygen atoms in total. The second-order valence-electron chi connectivity index (χ2n) is 6.49. The third kappa shape index (κ3) is 2.93. The number of fused-ring (bicyclic) bond motifs is 2. The number of pyridine rings is 1. The summed E-state index contributed by atoms with van der Waals surface area (Å²) in [5, 5.41) is 12.0. The van der Waals surface area contributed by atoms with Crippen molar-refractivity contribution in [1.29, 1.82) is 0 Å². The van der Waals surface area contributed by atoms with Crippen LogP contribution in [-0.4, -0.2) is 27.8 Å². The Hall–Kier alpha value is -2.60. The van der Waals surface area contributed by atoms with Crippen molar-refractivity contribution in [3.8, 4) is 11.5 Å². The molecule has 4 rings (SSSR count). The average molecular weight is 338 g/mol. The average Bonchev–Trinajstić information content (AvgIpc) is 3.20. The van der Waals surface area contributed by atoms with Crippen LogP contribution in [0.3, 0.4) is 0 Å². The molecule has 0 unspecified atom stereocenters. The van der Waals surface area contributed by atoms with Crippen molar-refractivity contribution in [2.75, 3.05) is 7.11 Å². The van der Waals surface area contributed by atoms with E-state index in [-0.39, 0.29) is 12.1 Å². The molecule has 2 aromatic heterocycles. The summed E-state index contributed by atoms with van der Waals surface area (Å²) in [5.41, 5.74) is 3.14. The molecule has 2 atom stereocenters. The summed E-state index contributed by atoms with van der Waals surface area (Å²) in [4.78, 5) is 0. The number of rotatable bonds is 5. The molecule has 0 radical (unpaired) electrons. The number of methoxy groups -OCH3 is 1. The predicted octanol–water partition coefficient (Wildman–Crippen LogP) is 2.91. The van der Waals surface area contributed by atoms with E-state index in [0.717, 1.165) is 35.0 Å². The highest BCUT2D eigenvalue weighted by molar-refractivity contribution is 5.48. The van der Waals surface area contributed by atoms with Gasteiger partial charge in [-0.2, -0.15) is 0 Å². The minimum Gasteiger partial charge on any atom is -0.496 e. The molecule has 0 amide bonds.